The molecule has 11 heteroatoms. The second-order valence-corrected chi connectivity index (χ2v) is 7.07. The molecule has 0 saturated heterocycles. The van der Waals surface area contributed by atoms with Crippen molar-refractivity contribution in [3.05, 3.63) is 32.1 Å². The molecule has 3 rings (SSSR count). The van der Waals surface area contributed by atoms with Gasteiger partial charge in [0.25, 0.3) is 5.56 Å². The molecule has 24 heavy (non-hydrogen) atoms. The van der Waals surface area contributed by atoms with E-state index in [-0.39, 0.29) is 16.8 Å². The lowest BCUT2D eigenvalue weighted by Gasteiger charge is -2.05. The van der Waals surface area contributed by atoms with Crippen LogP contribution in [0.2, 0.25) is 0 Å². The Hall–Kier alpha value is -2.66. The molecule has 0 unspecified atom stereocenters. The Kier molecular flexibility index (Phi) is 4.11. The molecule has 2 N–H and O–H groups in total. The average Bonchev–Trinajstić information content (AvgIpc) is 3.06. The third-order valence-corrected chi connectivity index (χ3v) is 5.14. The SMILES string of the molecule is Cc1nnc(NC(=O)Cn2cnc3sc(C(=O)O)c(C)c3c2=O)s1. The summed E-state index contributed by atoms with van der Waals surface area (Å²) in [6, 6.07) is 0. The Morgan fingerprint density at radius 3 is 2.67 bits per heavy atom. The van der Waals surface area contributed by atoms with Crippen LogP contribution in [-0.4, -0.2) is 36.7 Å². The zero-order chi connectivity index (χ0) is 17.4. The van der Waals surface area contributed by atoms with E-state index in [0.717, 1.165) is 15.9 Å². The van der Waals surface area contributed by atoms with Crippen LogP contribution in [0.5, 0.6) is 0 Å². The second kappa shape index (κ2) is 6.09. The molecule has 124 valence electrons. The van der Waals surface area contributed by atoms with Crippen molar-refractivity contribution in [2.75, 3.05) is 5.32 Å². The van der Waals surface area contributed by atoms with Gasteiger partial charge >= 0.3 is 5.97 Å². The van der Waals surface area contributed by atoms with Gasteiger partial charge in [-0.05, 0) is 19.4 Å². The first kappa shape index (κ1) is 16.2. The Bertz CT molecular complexity index is 1020. The zero-order valence-electron chi connectivity index (χ0n) is 12.6. The number of nitrogens with one attached hydrogen (secondary N) is 1. The highest BCUT2D eigenvalue weighted by Crippen LogP contribution is 2.26. The van der Waals surface area contributed by atoms with Crippen LogP contribution >= 0.6 is 22.7 Å². The molecule has 0 aliphatic heterocycles. The van der Waals surface area contributed by atoms with E-state index < -0.39 is 17.4 Å². The van der Waals surface area contributed by atoms with Crippen molar-refractivity contribution in [2.24, 2.45) is 0 Å². The van der Waals surface area contributed by atoms with Gasteiger partial charge in [-0.3, -0.25) is 19.5 Å². The summed E-state index contributed by atoms with van der Waals surface area (Å²) in [5.41, 5.74) is -0.0978. The van der Waals surface area contributed by atoms with Gasteiger partial charge in [0.15, 0.2) is 0 Å². The highest BCUT2D eigenvalue weighted by atomic mass is 32.1. The number of anilines is 1. The number of rotatable bonds is 4. The molecule has 3 heterocycles. The largest absolute Gasteiger partial charge is 0.477 e. The van der Waals surface area contributed by atoms with Crippen LogP contribution in [0.1, 0.15) is 20.2 Å². The third-order valence-electron chi connectivity index (χ3n) is 3.20. The number of carbonyl (C=O) groups excluding carboxylic acids is 1. The first-order valence-electron chi connectivity index (χ1n) is 6.68. The molecule has 0 aliphatic carbocycles. The Morgan fingerprint density at radius 1 is 1.29 bits per heavy atom. The summed E-state index contributed by atoms with van der Waals surface area (Å²) < 4.78 is 1.14. The molecule has 0 saturated carbocycles. The lowest BCUT2D eigenvalue weighted by atomic mass is 10.2. The molecule has 0 atom stereocenters. The summed E-state index contributed by atoms with van der Waals surface area (Å²) in [5, 5.41) is 20.5. The number of thiophene rings is 1. The monoisotopic (exact) mass is 365 g/mol. The number of hydrogen-bond donors (Lipinski definition) is 2. The highest BCUT2D eigenvalue weighted by molar-refractivity contribution is 7.20. The van der Waals surface area contributed by atoms with Gasteiger partial charge in [-0.25, -0.2) is 9.78 Å². The van der Waals surface area contributed by atoms with Gasteiger partial charge in [0.1, 0.15) is 21.3 Å². The molecule has 0 aliphatic rings. The van der Waals surface area contributed by atoms with Gasteiger partial charge in [0.2, 0.25) is 11.0 Å². The molecule has 3 aromatic heterocycles. The fourth-order valence-electron chi connectivity index (χ4n) is 2.14. The minimum absolute atomic E-state index is 0.0705. The number of carbonyl (C=O) groups is 2. The minimum Gasteiger partial charge on any atom is -0.477 e. The van der Waals surface area contributed by atoms with Gasteiger partial charge < -0.3 is 5.11 Å². The van der Waals surface area contributed by atoms with Crippen LogP contribution in [0.15, 0.2) is 11.1 Å². The van der Waals surface area contributed by atoms with E-state index >= 15 is 0 Å². The average molecular weight is 365 g/mol. The lowest BCUT2D eigenvalue weighted by Crippen LogP contribution is -2.27. The van der Waals surface area contributed by atoms with E-state index in [0.29, 0.717) is 20.5 Å². The number of carboxylic acid groups (broad SMARTS) is 1. The number of hydrogen-bond acceptors (Lipinski definition) is 8. The summed E-state index contributed by atoms with van der Waals surface area (Å²) in [5.74, 6) is -1.55. The molecule has 0 aromatic carbocycles. The third kappa shape index (κ3) is 2.90. The molecule has 9 nitrogen and oxygen atoms in total. The van der Waals surface area contributed by atoms with Gasteiger partial charge in [0, 0.05) is 0 Å². The number of amides is 1. The van der Waals surface area contributed by atoms with E-state index in [1.165, 1.54) is 17.7 Å². The number of aromatic nitrogens is 4. The van der Waals surface area contributed by atoms with Crippen molar-refractivity contribution < 1.29 is 14.7 Å². The van der Waals surface area contributed by atoms with Crippen molar-refractivity contribution in [1.29, 1.82) is 0 Å². The minimum atomic E-state index is -1.11. The maximum absolute atomic E-state index is 12.5. The summed E-state index contributed by atoms with van der Waals surface area (Å²) in [6.07, 6.45) is 1.23. The van der Waals surface area contributed by atoms with Crippen molar-refractivity contribution in [2.45, 2.75) is 20.4 Å². The smallest absolute Gasteiger partial charge is 0.346 e. The van der Waals surface area contributed by atoms with Gasteiger partial charge in [0.05, 0.1) is 11.7 Å². The number of aromatic carboxylic acids is 1. The number of carboxylic acids is 1. The molecule has 0 spiro atoms. The molecule has 0 radical (unpaired) electrons. The quantitative estimate of drug-likeness (QED) is 0.712. The van der Waals surface area contributed by atoms with E-state index in [2.05, 4.69) is 20.5 Å². The standard InChI is InChI=1S/C13H11N5O4S2/c1-5-8-10(24-9(5)12(21)22)14-4-18(11(8)20)3-7(19)15-13-17-16-6(2)23-13/h4H,3H2,1-2H3,(H,21,22)(H,15,17,19). The summed E-state index contributed by atoms with van der Waals surface area (Å²) in [4.78, 5) is 40.2. The normalized spacial score (nSPS) is 10.9. The van der Waals surface area contributed by atoms with Crippen molar-refractivity contribution >= 4 is 49.9 Å². The fraction of sp³-hybridized carbons (Fsp3) is 0.231. The Labute approximate surface area is 142 Å². The van der Waals surface area contributed by atoms with E-state index in [4.69, 9.17) is 5.11 Å². The molecule has 0 fully saturated rings. The predicted octanol–water partition coefficient (Wildman–Crippen LogP) is 1.26. The predicted molar refractivity (Wildman–Crippen MR) is 88.9 cm³/mol. The topological polar surface area (TPSA) is 127 Å². The number of nitrogens with zero attached hydrogens (tertiary/aromatic N) is 4. The van der Waals surface area contributed by atoms with E-state index in [1.54, 1.807) is 13.8 Å². The fourth-order valence-corrected chi connectivity index (χ4v) is 3.72. The zero-order valence-corrected chi connectivity index (χ0v) is 14.2. The van der Waals surface area contributed by atoms with Gasteiger partial charge in [-0.15, -0.1) is 21.5 Å². The number of fused-ring (bicyclic) bond motifs is 1. The first-order valence-corrected chi connectivity index (χ1v) is 8.32. The molecular weight excluding hydrogens is 354 g/mol. The summed E-state index contributed by atoms with van der Waals surface area (Å²) in [6.45, 7) is 3.06. The lowest BCUT2D eigenvalue weighted by molar-refractivity contribution is -0.116. The number of aryl methyl sites for hydroxylation is 2. The first-order chi connectivity index (χ1) is 11.4. The molecule has 3 aromatic rings. The van der Waals surface area contributed by atoms with Gasteiger partial charge in [-0.1, -0.05) is 11.3 Å². The Morgan fingerprint density at radius 2 is 2.04 bits per heavy atom. The van der Waals surface area contributed by atoms with E-state index in [1.807, 2.05) is 0 Å². The van der Waals surface area contributed by atoms with Crippen molar-refractivity contribution in [1.82, 2.24) is 19.7 Å². The van der Waals surface area contributed by atoms with Crippen LogP contribution in [0.4, 0.5) is 5.13 Å². The van der Waals surface area contributed by atoms with Crippen LogP contribution < -0.4 is 10.9 Å². The van der Waals surface area contributed by atoms with Crippen molar-refractivity contribution in [3.63, 3.8) is 0 Å². The van der Waals surface area contributed by atoms with Gasteiger partial charge in [-0.2, -0.15) is 0 Å². The molecular formula is C13H11N5O4S2. The Balaban J connectivity index is 1.91. The molecule has 1 amide bonds. The van der Waals surface area contributed by atoms with Crippen LogP contribution in [0.25, 0.3) is 10.2 Å². The van der Waals surface area contributed by atoms with E-state index in [9.17, 15) is 14.4 Å². The molecule has 0 bridgehead atoms. The summed E-state index contributed by atoms with van der Waals surface area (Å²) in [7, 11) is 0. The van der Waals surface area contributed by atoms with Crippen LogP contribution in [0, 0.1) is 13.8 Å². The maximum Gasteiger partial charge on any atom is 0.346 e. The van der Waals surface area contributed by atoms with Crippen LogP contribution in [0.3, 0.4) is 0 Å². The van der Waals surface area contributed by atoms with Crippen LogP contribution in [-0.2, 0) is 11.3 Å². The second-order valence-electron chi connectivity index (χ2n) is 4.89. The summed E-state index contributed by atoms with van der Waals surface area (Å²) >= 11 is 2.16. The van der Waals surface area contributed by atoms with Crippen molar-refractivity contribution in [3.8, 4) is 0 Å². The maximum atomic E-state index is 12.5. The highest BCUT2D eigenvalue weighted by Gasteiger charge is 2.19.